The summed E-state index contributed by atoms with van der Waals surface area (Å²) < 4.78 is 7.77. The molecule has 2 aromatic rings. The van der Waals surface area contributed by atoms with Gasteiger partial charge in [-0.2, -0.15) is 0 Å². The van der Waals surface area contributed by atoms with Crippen molar-refractivity contribution in [1.82, 2.24) is 9.47 Å². The number of pyridine rings is 1. The van der Waals surface area contributed by atoms with E-state index in [4.69, 9.17) is 4.74 Å². The minimum atomic E-state index is -0.624. The lowest BCUT2D eigenvalue weighted by atomic mass is 9.89. The Bertz CT molecular complexity index is 965. The summed E-state index contributed by atoms with van der Waals surface area (Å²) in [6.07, 6.45) is 1.19. The van der Waals surface area contributed by atoms with E-state index in [-0.39, 0.29) is 23.7 Å². The van der Waals surface area contributed by atoms with E-state index in [1.165, 1.54) is 6.07 Å². The van der Waals surface area contributed by atoms with Gasteiger partial charge in [-0.1, -0.05) is 18.2 Å². The molecule has 0 radical (unpaired) electrons. The lowest BCUT2D eigenvalue weighted by Crippen LogP contribution is -2.45. The van der Waals surface area contributed by atoms with Crippen molar-refractivity contribution in [2.45, 2.75) is 38.3 Å². The zero-order chi connectivity index (χ0) is 19.0. The maximum Gasteiger partial charge on any atom is 0.250 e. The van der Waals surface area contributed by atoms with E-state index in [0.29, 0.717) is 43.8 Å². The minimum absolute atomic E-state index is 0.0167. The van der Waals surface area contributed by atoms with Gasteiger partial charge in [-0.25, -0.2) is 0 Å². The Morgan fingerprint density at radius 1 is 1.15 bits per heavy atom. The first-order valence-corrected chi connectivity index (χ1v) is 9.23. The van der Waals surface area contributed by atoms with Crippen molar-refractivity contribution in [1.29, 1.82) is 0 Å². The van der Waals surface area contributed by atoms with Crippen LogP contribution in [0, 0.1) is 6.92 Å². The Kier molecular flexibility index (Phi) is 4.34. The second-order valence-corrected chi connectivity index (χ2v) is 7.35. The number of amides is 1. The number of ketones is 1. The van der Waals surface area contributed by atoms with Gasteiger partial charge in [-0.15, -0.1) is 0 Å². The van der Waals surface area contributed by atoms with Crippen LogP contribution >= 0.6 is 0 Å². The molecule has 1 amide bonds. The number of nitrogens with zero attached hydrogens (tertiary/aromatic N) is 2. The van der Waals surface area contributed by atoms with Gasteiger partial charge in [-0.05, 0) is 25.1 Å². The summed E-state index contributed by atoms with van der Waals surface area (Å²) in [5.74, 6) is 0.657. The second kappa shape index (κ2) is 6.68. The van der Waals surface area contributed by atoms with Crippen LogP contribution in [-0.2, 0) is 11.3 Å². The second-order valence-electron chi connectivity index (χ2n) is 7.35. The van der Waals surface area contributed by atoms with Crippen molar-refractivity contribution in [2.75, 3.05) is 13.1 Å². The molecular formula is C21H22N2O4. The van der Waals surface area contributed by atoms with E-state index in [2.05, 4.69) is 0 Å². The van der Waals surface area contributed by atoms with Gasteiger partial charge in [0, 0.05) is 37.7 Å². The number of ether oxygens (including phenoxy) is 1. The van der Waals surface area contributed by atoms with Crippen LogP contribution in [0.5, 0.6) is 5.75 Å². The van der Waals surface area contributed by atoms with E-state index in [1.807, 2.05) is 31.2 Å². The molecule has 1 saturated heterocycles. The summed E-state index contributed by atoms with van der Waals surface area (Å²) in [6.45, 7) is 3.19. The topological polar surface area (TPSA) is 68.6 Å². The third-order valence-corrected chi connectivity index (χ3v) is 5.48. The molecule has 1 unspecified atom stereocenters. The first-order valence-electron chi connectivity index (χ1n) is 9.23. The molecule has 0 bridgehead atoms. The molecule has 140 valence electrons. The van der Waals surface area contributed by atoms with Gasteiger partial charge in [-0.3, -0.25) is 14.4 Å². The number of hydrogen-bond acceptors (Lipinski definition) is 4. The molecule has 1 atom stereocenters. The van der Waals surface area contributed by atoms with Gasteiger partial charge in [0.2, 0.25) is 5.91 Å². The number of rotatable bonds is 3. The number of Topliss-reactive ketones (excluding diaryl/α,β-unsaturated/α-hetero) is 1. The van der Waals surface area contributed by atoms with Crippen LogP contribution in [0.2, 0.25) is 0 Å². The van der Waals surface area contributed by atoms with E-state index >= 15 is 0 Å². The summed E-state index contributed by atoms with van der Waals surface area (Å²) in [5, 5.41) is 0. The molecule has 1 aromatic heterocycles. The zero-order valence-electron chi connectivity index (χ0n) is 15.3. The minimum Gasteiger partial charge on any atom is -0.484 e. The van der Waals surface area contributed by atoms with Crippen LogP contribution in [0.1, 0.15) is 35.3 Å². The number of aromatic nitrogens is 1. The van der Waals surface area contributed by atoms with Gasteiger partial charge in [0.1, 0.15) is 11.4 Å². The molecule has 2 aliphatic heterocycles. The van der Waals surface area contributed by atoms with Gasteiger partial charge >= 0.3 is 0 Å². The highest BCUT2D eigenvalue weighted by Crippen LogP contribution is 2.38. The maximum absolute atomic E-state index is 12.7. The van der Waals surface area contributed by atoms with Crippen LogP contribution in [0.15, 0.2) is 47.3 Å². The number of hydrogen-bond donors (Lipinski definition) is 0. The van der Waals surface area contributed by atoms with E-state index in [1.54, 1.807) is 21.6 Å². The predicted molar refractivity (Wildman–Crippen MR) is 100 cm³/mol. The summed E-state index contributed by atoms with van der Waals surface area (Å²) in [7, 11) is 0. The molecule has 1 aromatic carbocycles. The number of carbonyl (C=O) groups excluding carboxylic acids is 2. The van der Waals surface area contributed by atoms with E-state index < -0.39 is 5.60 Å². The van der Waals surface area contributed by atoms with E-state index in [9.17, 15) is 14.4 Å². The largest absolute Gasteiger partial charge is 0.484 e. The van der Waals surface area contributed by atoms with Crippen LogP contribution in [0.4, 0.5) is 0 Å². The van der Waals surface area contributed by atoms with Gasteiger partial charge < -0.3 is 14.2 Å². The average Bonchev–Trinajstić information content (AvgIpc) is 3.04. The smallest absolute Gasteiger partial charge is 0.250 e. The van der Waals surface area contributed by atoms with E-state index in [0.717, 1.165) is 5.69 Å². The molecular weight excluding hydrogens is 344 g/mol. The fraction of sp³-hybridized carbons (Fsp3) is 0.381. The zero-order valence-corrected chi connectivity index (χ0v) is 15.3. The Morgan fingerprint density at radius 3 is 2.78 bits per heavy atom. The summed E-state index contributed by atoms with van der Waals surface area (Å²) in [6, 6.07) is 12.3. The molecule has 1 spiro atoms. The number of aryl methyl sites for hydroxylation is 1. The lowest BCUT2D eigenvalue weighted by molar-refractivity contribution is -0.131. The van der Waals surface area contributed by atoms with Crippen molar-refractivity contribution in [3.63, 3.8) is 0 Å². The Labute approximate surface area is 157 Å². The maximum atomic E-state index is 12.7. The number of benzene rings is 1. The van der Waals surface area contributed by atoms with Gasteiger partial charge in [0.15, 0.2) is 5.78 Å². The Morgan fingerprint density at radius 2 is 1.96 bits per heavy atom. The number of carbonyl (C=O) groups is 2. The molecule has 27 heavy (non-hydrogen) atoms. The van der Waals surface area contributed by atoms with Gasteiger partial charge in [0.05, 0.1) is 18.5 Å². The monoisotopic (exact) mass is 366 g/mol. The molecule has 0 aliphatic carbocycles. The average molecular weight is 366 g/mol. The predicted octanol–water partition coefficient (Wildman–Crippen LogP) is 2.18. The standard InChI is InChI=1S/C21H22N2O4/c1-15-5-4-8-20(26)23(15)11-9-19(25)22-12-10-21(14-22)13-17(24)16-6-2-3-7-18(16)27-21/h2-8H,9-14H2,1H3. The molecule has 6 nitrogen and oxygen atoms in total. The Balaban J connectivity index is 1.43. The fourth-order valence-electron chi connectivity index (χ4n) is 4.00. The lowest BCUT2D eigenvalue weighted by Gasteiger charge is -2.34. The molecule has 6 heteroatoms. The summed E-state index contributed by atoms with van der Waals surface area (Å²) >= 11 is 0. The SMILES string of the molecule is Cc1cccc(=O)n1CCC(=O)N1CCC2(CC(=O)c3ccccc3O2)C1. The number of likely N-dealkylation sites (tertiary alicyclic amines) is 1. The Hall–Kier alpha value is -2.89. The molecule has 0 saturated carbocycles. The third-order valence-electron chi connectivity index (χ3n) is 5.48. The summed E-state index contributed by atoms with van der Waals surface area (Å²) in [5.41, 5.74) is 0.733. The van der Waals surface area contributed by atoms with Crippen LogP contribution in [0.25, 0.3) is 0 Å². The molecule has 0 N–H and O–H groups in total. The summed E-state index contributed by atoms with van der Waals surface area (Å²) in [4.78, 5) is 38.9. The molecule has 4 rings (SSSR count). The molecule has 2 aliphatic rings. The quantitative estimate of drug-likeness (QED) is 0.835. The van der Waals surface area contributed by atoms with Crippen molar-refractivity contribution in [3.8, 4) is 5.75 Å². The normalized spacial score (nSPS) is 21.2. The van der Waals surface area contributed by atoms with Crippen molar-refractivity contribution in [3.05, 3.63) is 64.1 Å². The fourth-order valence-corrected chi connectivity index (χ4v) is 4.00. The first kappa shape index (κ1) is 17.5. The molecule has 3 heterocycles. The number of fused-ring (bicyclic) bond motifs is 1. The number of para-hydroxylation sites is 1. The van der Waals surface area contributed by atoms with Crippen LogP contribution < -0.4 is 10.3 Å². The molecule has 1 fully saturated rings. The third kappa shape index (κ3) is 3.27. The van der Waals surface area contributed by atoms with Crippen LogP contribution in [-0.4, -0.2) is 39.8 Å². The van der Waals surface area contributed by atoms with Crippen LogP contribution in [0.3, 0.4) is 0 Å². The highest BCUT2D eigenvalue weighted by molar-refractivity contribution is 6.00. The highest BCUT2D eigenvalue weighted by Gasteiger charge is 2.46. The first-order chi connectivity index (χ1) is 13.0. The van der Waals surface area contributed by atoms with Crippen molar-refractivity contribution >= 4 is 11.7 Å². The van der Waals surface area contributed by atoms with Gasteiger partial charge in [0.25, 0.3) is 5.56 Å². The van der Waals surface area contributed by atoms with Crippen molar-refractivity contribution in [2.24, 2.45) is 0 Å². The highest BCUT2D eigenvalue weighted by atomic mass is 16.5. The van der Waals surface area contributed by atoms with Crippen molar-refractivity contribution < 1.29 is 14.3 Å².